The van der Waals surface area contributed by atoms with E-state index in [4.69, 9.17) is 4.74 Å². The smallest absolute Gasteiger partial charge is 0.416 e. The molecule has 0 amide bonds. The molecule has 0 saturated carbocycles. The van der Waals surface area contributed by atoms with Gasteiger partial charge in [0.1, 0.15) is 12.5 Å². The van der Waals surface area contributed by atoms with Crippen LogP contribution in [0, 0.1) is 0 Å². The zero-order valence-electron chi connectivity index (χ0n) is 9.96. The van der Waals surface area contributed by atoms with Crippen LogP contribution in [0.1, 0.15) is 30.5 Å². The molecule has 0 aliphatic heterocycles. The summed E-state index contributed by atoms with van der Waals surface area (Å²) in [6.45, 7) is 1.91. The average molecular weight is 262 g/mol. The fraction of sp³-hybridized carbons (Fsp3) is 0.417. The van der Waals surface area contributed by atoms with Gasteiger partial charge in [-0.1, -0.05) is 12.1 Å². The number of carbonyl (C=O) groups excluding carboxylic acids is 1. The van der Waals surface area contributed by atoms with Gasteiger partial charge >= 0.3 is 12.1 Å². The average Bonchev–Trinajstić information content (AvgIpc) is 2.28. The monoisotopic (exact) mass is 262 g/mol. The molecule has 0 aliphatic rings. The topological polar surface area (TPSA) is 53.9 Å². The maximum atomic E-state index is 12.5. The summed E-state index contributed by atoms with van der Waals surface area (Å²) >= 11 is 0. The van der Waals surface area contributed by atoms with Crippen LogP contribution in [-0.2, 0) is 15.7 Å². The number of rotatable bonds is 4. The van der Waals surface area contributed by atoms with Crippen molar-refractivity contribution in [2.45, 2.75) is 25.6 Å². The molecule has 1 aromatic rings. The molecule has 0 unspecified atom stereocenters. The maximum absolute atomic E-state index is 12.5. The van der Waals surface area contributed by atoms with Crippen LogP contribution < -0.4 is 5.73 Å². The Bertz CT molecular complexity index is 418. The van der Waals surface area contributed by atoms with Gasteiger partial charge in [0, 0.05) is 5.56 Å². The lowest BCUT2D eigenvalue weighted by Crippen LogP contribution is -2.54. The second-order valence-electron chi connectivity index (χ2n) is 3.83. The van der Waals surface area contributed by atoms with Crippen molar-refractivity contribution in [3.8, 4) is 0 Å². The summed E-state index contributed by atoms with van der Waals surface area (Å²) in [5.41, 5.74) is 3.32. The van der Waals surface area contributed by atoms with E-state index in [0.29, 0.717) is 5.56 Å². The second-order valence-corrected chi connectivity index (χ2v) is 3.83. The second kappa shape index (κ2) is 5.86. The van der Waals surface area contributed by atoms with E-state index in [-0.39, 0.29) is 13.0 Å². The number of carbonyl (C=O) groups is 1. The van der Waals surface area contributed by atoms with Crippen LogP contribution in [0.2, 0.25) is 0 Å². The van der Waals surface area contributed by atoms with E-state index in [1.807, 2.05) is 0 Å². The predicted octanol–water partition coefficient (Wildman–Crippen LogP) is 1.94. The SMILES string of the molecule is CCOC(=O)C[C@H]([NH3+])c1cccc(C(F)(F)F)c1. The van der Waals surface area contributed by atoms with Crippen molar-refractivity contribution in [1.29, 1.82) is 0 Å². The van der Waals surface area contributed by atoms with E-state index < -0.39 is 23.8 Å². The Kier molecular flexibility index (Phi) is 4.72. The molecule has 0 aromatic heterocycles. The molecule has 0 radical (unpaired) electrons. The third kappa shape index (κ3) is 4.03. The first-order valence-corrected chi connectivity index (χ1v) is 5.50. The molecule has 3 N–H and O–H groups in total. The van der Waals surface area contributed by atoms with E-state index in [1.165, 1.54) is 12.1 Å². The Labute approximate surface area is 103 Å². The molecule has 100 valence electrons. The first kappa shape index (κ1) is 14.5. The quantitative estimate of drug-likeness (QED) is 0.843. The standard InChI is InChI=1S/C12H14F3NO2/c1-2-18-11(17)7-10(16)8-4-3-5-9(6-8)12(13,14)15/h3-6,10H,2,7,16H2,1H3/p+1/t10-/m0/s1. The number of hydrogen-bond acceptors (Lipinski definition) is 2. The zero-order chi connectivity index (χ0) is 13.8. The van der Waals surface area contributed by atoms with Gasteiger partial charge in [0.2, 0.25) is 0 Å². The summed E-state index contributed by atoms with van der Waals surface area (Å²) in [5.74, 6) is -0.463. The number of ether oxygens (including phenoxy) is 1. The van der Waals surface area contributed by atoms with Crippen molar-refractivity contribution >= 4 is 5.97 Å². The van der Waals surface area contributed by atoms with Crippen LogP contribution in [0.15, 0.2) is 24.3 Å². The van der Waals surface area contributed by atoms with Crippen molar-refractivity contribution in [1.82, 2.24) is 0 Å². The zero-order valence-corrected chi connectivity index (χ0v) is 9.96. The highest BCUT2D eigenvalue weighted by Crippen LogP contribution is 2.30. The van der Waals surface area contributed by atoms with Gasteiger partial charge in [0.15, 0.2) is 0 Å². The molecule has 0 spiro atoms. The number of quaternary nitrogens is 1. The molecule has 0 aliphatic carbocycles. The van der Waals surface area contributed by atoms with Crippen LogP contribution in [0.3, 0.4) is 0 Å². The van der Waals surface area contributed by atoms with Crippen molar-refractivity contribution in [3.63, 3.8) is 0 Å². The van der Waals surface area contributed by atoms with E-state index in [0.717, 1.165) is 12.1 Å². The Hall–Kier alpha value is -1.56. The molecule has 0 bridgehead atoms. The van der Waals surface area contributed by atoms with Crippen LogP contribution in [-0.4, -0.2) is 12.6 Å². The van der Waals surface area contributed by atoms with Gasteiger partial charge in [-0.05, 0) is 19.1 Å². The van der Waals surface area contributed by atoms with Gasteiger partial charge < -0.3 is 10.5 Å². The Balaban J connectivity index is 2.80. The molecule has 6 heteroatoms. The molecule has 18 heavy (non-hydrogen) atoms. The number of hydrogen-bond donors (Lipinski definition) is 1. The molecule has 1 rings (SSSR count). The van der Waals surface area contributed by atoms with Crippen molar-refractivity contribution in [3.05, 3.63) is 35.4 Å². The first-order valence-electron chi connectivity index (χ1n) is 5.50. The molecular weight excluding hydrogens is 247 g/mol. The lowest BCUT2D eigenvalue weighted by Gasteiger charge is -2.11. The minimum atomic E-state index is -4.39. The van der Waals surface area contributed by atoms with Crippen molar-refractivity contribution in [2.24, 2.45) is 0 Å². The third-order valence-electron chi connectivity index (χ3n) is 2.40. The van der Waals surface area contributed by atoms with Gasteiger partial charge in [-0.15, -0.1) is 0 Å². The highest BCUT2D eigenvalue weighted by molar-refractivity contribution is 5.70. The van der Waals surface area contributed by atoms with Crippen LogP contribution >= 0.6 is 0 Å². The molecule has 0 fully saturated rings. The summed E-state index contributed by atoms with van der Waals surface area (Å²) < 4.78 is 42.2. The molecule has 3 nitrogen and oxygen atoms in total. The number of alkyl halides is 3. The lowest BCUT2D eigenvalue weighted by molar-refractivity contribution is -0.425. The molecule has 0 saturated heterocycles. The number of esters is 1. The summed E-state index contributed by atoms with van der Waals surface area (Å²) in [6.07, 6.45) is -4.42. The van der Waals surface area contributed by atoms with Gasteiger partial charge in [0.25, 0.3) is 0 Å². The van der Waals surface area contributed by atoms with Crippen molar-refractivity contribution in [2.75, 3.05) is 6.61 Å². The highest BCUT2D eigenvalue weighted by Gasteiger charge is 2.31. The number of benzene rings is 1. The normalized spacial score (nSPS) is 13.2. The van der Waals surface area contributed by atoms with E-state index >= 15 is 0 Å². The lowest BCUT2D eigenvalue weighted by atomic mass is 10.0. The van der Waals surface area contributed by atoms with E-state index in [1.54, 1.807) is 6.92 Å². The van der Waals surface area contributed by atoms with Gasteiger partial charge in [-0.25, -0.2) is 0 Å². The minimum Gasteiger partial charge on any atom is -0.466 e. The summed E-state index contributed by atoms with van der Waals surface area (Å²) in [7, 11) is 0. The fourth-order valence-electron chi connectivity index (χ4n) is 1.51. The fourth-order valence-corrected chi connectivity index (χ4v) is 1.51. The predicted molar refractivity (Wildman–Crippen MR) is 58.3 cm³/mol. The maximum Gasteiger partial charge on any atom is 0.416 e. The first-order chi connectivity index (χ1) is 8.34. The van der Waals surface area contributed by atoms with Crippen LogP contribution in [0.4, 0.5) is 13.2 Å². The molecular formula is C12H15F3NO2+. The summed E-state index contributed by atoms with van der Waals surface area (Å²) in [6, 6.07) is 4.27. The minimum absolute atomic E-state index is 0.0326. The molecule has 1 aromatic carbocycles. The Morgan fingerprint density at radius 1 is 1.44 bits per heavy atom. The van der Waals surface area contributed by atoms with Crippen LogP contribution in [0.25, 0.3) is 0 Å². The summed E-state index contributed by atoms with van der Waals surface area (Å²) in [5, 5.41) is 0. The Morgan fingerprint density at radius 3 is 2.67 bits per heavy atom. The van der Waals surface area contributed by atoms with Gasteiger partial charge in [-0.2, -0.15) is 13.2 Å². The molecule has 1 atom stereocenters. The Morgan fingerprint density at radius 2 is 2.11 bits per heavy atom. The van der Waals surface area contributed by atoms with Gasteiger partial charge in [-0.3, -0.25) is 4.79 Å². The third-order valence-corrected chi connectivity index (χ3v) is 2.40. The summed E-state index contributed by atoms with van der Waals surface area (Å²) in [4.78, 5) is 11.2. The van der Waals surface area contributed by atoms with E-state index in [9.17, 15) is 18.0 Å². The van der Waals surface area contributed by atoms with Gasteiger partial charge in [0.05, 0.1) is 12.2 Å². The van der Waals surface area contributed by atoms with Crippen LogP contribution in [0.5, 0.6) is 0 Å². The number of halogens is 3. The molecule has 0 heterocycles. The van der Waals surface area contributed by atoms with Crippen molar-refractivity contribution < 1.29 is 28.4 Å². The largest absolute Gasteiger partial charge is 0.466 e. The highest BCUT2D eigenvalue weighted by atomic mass is 19.4. The van der Waals surface area contributed by atoms with E-state index in [2.05, 4.69) is 5.73 Å².